The Hall–Kier alpha value is 1.35. The van der Waals surface area contributed by atoms with Crippen LogP contribution in [0.3, 0.4) is 0 Å². The molecule has 86 valence electrons. The van der Waals surface area contributed by atoms with Crippen LogP contribution in [0.4, 0.5) is 0 Å². The molecular formula is C12H22ClIMg. The minimum absolute atomic E-state index is 0. The Morgan fingerprint density at radius 3 is 1.80 bits per heavy atom. The molecule has 0 nitrogen and oxygen atoms in total. The molecule has 0 fully saturated rings. The zero-order valence-electron chi connectivity index (χ0n) is 11.5. The van der Waals surface area contributed by atoms with E-state index in [-0.39, 0.29) is 25.9 Å². The Balaban J connectivity index is -0.000000282. The van der Waals surface area contributed by atoms with Crippen LogP contribution in [0.2, 0.25) is 0 Å². The topological polar surface area (TPSA) is 0 Å². The third kappa shape index (κ3) is 17.9. The van der Waals surface area contributed by atoms with Gasteiger partial charge < -0.3 is 2.85 Å². The fourth-order valence-corrected chi connectivity index (χ4v) is 2.05. The first-order chi connectivity index (χ1) is 6.91. The van der Waals surface area contributed by atoms with E-state index in [1.165, 1.54) is 55.8 Å². The van der Waals surface area contributed by atoms with Gasteiger partial charge in [0.05, 0.1) is 0 Å². The molecule has 0 aromatic heterocycles. The normalized spacial score (nSPS) is 8.93. The van der Waals surface area contributed by atoms with Crippen molar-refractivity contribution in [3.8, 4) is 11.3 Å². The molecule has 0 aliphatic carbocycles. The van der Waals surface area contributed by atoms with Crippen molar-refractivity contribution in [2.24, 2.45) is 0 Å². The van der Waals surface area contributed by atoms with Crippen LogP contribution in [0, 0.1) is 11.3 Å². The summed E-state index contributed by atoms with van der Waals surface area (Å²) in [5.41, 5.74) is 0. The quantitative estimate of drug-likeness (QED) is 0.180. The van der Waals surface area contributed by atoms with Gasteiger partial charge in [-0.3, -0.25) is 0 Å². The van der Waals surface area contributed by atoms with Crippen LogP contribution in [0.1, 0.15) is 60.6 Å². The molecule has 0 aliphatic rings. The molecule has 0 unspecified atom stereocenters. The Morgan fingerprint density at radius 2 is 1.33 bits per heavy atom. The van der Waals surface area contributed by atoms with Gasteiger partial charge >= 0.3 is 23.1 Å². The van der Waals surface area contributed by atoms with Gasteiger partial charge in [0, 0.05) is 11.8 Å². The van der Waals surface area contributed by atoms with Crippen molar-refractivity contribution < 1.29 is 2.85 Å². The van der Waals surface area contributed by atoms with E-state index in [0.717, 1.165) is 6.42 Å². The van der Waals surface area contributed by atoms with E-state index in [0.29, 0.717) is 0 Å². The van der Waals surface area contributed by atoms with Crippen LogP contribution < -0.4 is 0 Å². The molecule has 0 aliphatic heterocycles. The Morgan fingerprint density at radius 1 is 0.867 bits per heavy atom. The van der Waals surface area contributed by atoms with Crippen LogP contribution in [0.25, 0.3) is 0 Å². The van der Waals surface area contributed by atoms with E-state index in [2.05, 4.69) is 33.9 Å². The van der Waals surface area contributed by atoms with Crippen molar-refractivity contribution in [2.45, 2.75) is 57.8 Å². The monoisotopic (exact) mass is 352 g/mol. The van der Waals surface area contributed by atoms with E-state index >= 15 is 0 Å². The van der Waals surface area contributed by atoms with E-state index in [4.69, 9.17) is 11.6 Å². The van der Waals surface area contributed by atoms with Crippen molar-refractivity contribution in [3.05, 3.63) is 0 Å². The fourth-order valence-electron chi connectivity index (χ4n) is 1.42. The first-order valence-corrected chi connectivity index (χ1v) is 7.46. The van der Waals surface area contributed by atoms with Crippen molar-refractivity contribution in [1.82, 2.24) is 0 Å². The second-order valence-corrected chi connectivity index (χ2v) is 4.81. The Bertz CT molecular complexity index is 172. The summed E-state index contributed by atoms with van der Waals surface area (Å²) in [5.74, 6) is 2.88. The average Bonchev–Trinajstić information content (AvgIpc) is 2.21. The molecule has 0 heterocycles. The molecular weight excluding hydrogens is 331 g/mol. The molecule has 0 saturated heterocycles. The zero-order valence-corrected chi connectivity index (χ0v) is 13.9. The van der Waals surface area contributed by atoms with E-state index < -0.39 is 0 Å². The maximum Gasteiger partial charge on any atom is 2.00 e. The Kier molecular flexibility index (Phi) is 22.1. The second kappa shape index (κ2) is 17.7. The molecule has 0 spiro atoms. The molecule has 0 amide bonds. The van der Waals surface area contributed by atoms with Gasteiger partial charge in [-0.2, -0.15) is 0 Å². The summed E-state index contributed by atoms with van der Waals surface area (Å²) >= 11 is 7.70. The second-order valence-electron chi connectivity index (χ2n) is 3.54. The molecule has 15 heavy (non-hydrogen) atoms. The summed E-state index contributed by atoms with van der Waals surface area (Å²) in [6.07, 6.45) is 11.9. The first-order valence-electron chi connectivity index (χ1n) is 5.56. The molecule has 0 radical (unpaired) electrons. The van der Waals surface area contributed by atoms with Crippen LogP contribution in [-0.4, -0.2) is 27.5 Å². The molecule has 3 heteroatoms. The standard InChI is InChI=1S/C12H20ClI.Mg.2H/c13-11-9-7-5-3-1-2-4-6-8-10-12-14;;;/h1-8,10,12H2;;;/q;+2;2*-1. The summed E-state index contributed by atoms with van der Waals surface area (Å²) < 4.78 is 1.31. The molecule has 0 N–H and O–H groups in total. The summed E-state index contributed by atoms with van der Waals surface area (Å²) in [6.45, 7) is 0. The van der Waals surface area contributed by atoms with Crippen molar-refractivity contribution in [3.63, 3.8) is 0 Å². The third-order valence-corrected chi connectivity index (χ3v) is 3.15. The number of halogens is 2. The predicted molar refractivity (Wildman–Crippen MR) is 82.0 cm³/mol. The number of hydrogen-bond acceptors (Lipinski definition) is 0. The number of hydrogen-bond donors (Lipinski definition) is 0. The SMILES string of the molecule is ClC#CCCCCCCCCCCI.[H-].[H-].[Mg+2]. The minimum atomic E-state index is 0. The fraction of sp³-hybridized carbons (Fsp3) is 0.833. The smallest absolute Gasteiger partial charge is 1.00 e. The molecule has 0 aromatic rings. The average molecular weight is 353 g/mol. The Labute approximate surface area is 133 Å². The number of rotatable bonds is 9. The molecule has 0 atom stereocenters. The largest absolute Gasteiger partial charge is 2.00 e. The number of alkyl halides is 1. The van der Waals surface area contributed by atoms with Crippen molar-refractivity contribution in [1.29, 1.82) is 0 Å². The van der Waals surface area contributed by atoms with Crippen LogP contribution >= 0.6 is 34.2 Å². The number of unbranched alkanes of at least 4 members (excludes halogenated alkanes) is 8. The molecule has 0 bridgehead atoms. The maximum absolute atomic E-state index is 5.25. The van der Waals surface area contributed by atoms with Gasteiger partial charge in [0.2, 0.25) is 0 Å². The summed E-state index contributed by atoms with van der Waals surface area (Å²) in [7, 11) is 0. The summed E-state index contributed by atoms with van der Waals surface area (Å²) in [4.78, 5) is 0. The molecule has 0 aromatic carbocycles. The first kappa shape index (κ1) is 18.7. The maximum atomic E-state index is 5.25. The van der Waals surface area contributed by atoms with Gasteiger partial charge in [0.1, 0.15) is 0 Å². The predicted octanol–water partition coefficient (Wildman–Crippen LogP) is 4.98. The summed E-state index contributed by atoms with van der Waals surface area (Å²) in [5, 5.41) is 2.41. The van der Waals surface area contributed by atoms with Gasteiger partial charge in [0.25, 0.3) is 0 Å². The van der Waals surface area contributed by atoms with Gasteiger partial charge in [-0.1, -0.05) is 67.0 Å². The van der Waals surface area contributed by atoms with E-state index in [9.17, 15) is 0 Å². The zero-order chi connectivity index (χ0) is 10.5. The van der Waals surface area contributed by atoms with Crippen molar-refractivity contribution >= 4 is 57.2 Å². The van der Waals surface area contributed by atoms with Gasteiger partial charge in [-0.15, -0.1) is 0 Å². The van der Waals surface area contributed by atoms with Crippen LogP contribution in [0.15, 0.2) is 0 Å². The molecule has 0 rings (SSSR count). The van der Waals surface area contributed by atoms with Crippen molar-refractivity contribution in [2.75, 3.05) is 4.43 Å². The van der Waals surface area contributed by atoms with Crippen LogP contribution in [0.5, 0.6) is 0 Å². The molecule has 0 saturated carbocycles. The summed E-state index contributed by atoms with van der Waals surface area (Å²) in [6, 6.07) is 0. The third-order valence-electron chi connectivity index (χ3n) is 2.25. The van der Waals surface area contributed by atoms with Crippen LogP contribution in [-0.2, 0) is 0 Å². The van der Waals surface area contributed by atoms with Gasteiger partial charge in [-0.25, -0.2) is 0 Å². The van der Waals surface area contributed by atoms with Gasteiger partial charge in [0.15, 0.2) is 0 Å². The van der Waals surface area contributed by atoms with E-state index in [1.807, 2.05) is 0 Å². The van der Waals surface area contributed by atoms with Gasteiger partial charge in [-0.05, 0) is 28.9 Å². The van der Waals surface area contributed by atoms with E-state index in [1.54, 1.807) is 0 Å². The minimum Gasteiger partial charge on any atom is -1.00 e.